The Morgan fingerprint density at radius 2 is 2.04 bits per heavy atom. The van der Waals surface area contributed by atoms with E-state index >= 15 is 0 Å². The molecule has 0 saturated carbocycles. The number of halogens is 2. The number of amides is 1. The number of hydrogen-bond donors (Lipinski definition) is 0. The number of carbonyl (C=O) groups excluding carboxylic acids is 1. The Morgan fingerprint density at radius 1 is 1.26 bits per heavy atom. The van der Waals surface area contributed by atoms with Crippen LogP contribution in [-0.4, -0.2) is 26.5 Å². The van der Waals surface area contributed by atoms with Crippen molar-refractivity contribution in [2.45, 2.75) is 12.8 Å². The van der Waals surface area contributed by atoms with Crippen LogP contribution in [0.4, 0.5) is 15.8 Å². The van der Waals surface area contributed by atoms with Gasteiger partial charge in [0.05, 0.1) is 5.69 Å². The van der Waals surface area contributed by atoms with Crippen molar-refractivity contribution >= 4 is 28.9 Å². The largest absolute Gasteiger partial charge is 0.378 e. The van der Waals surface area contributed by atoms with E-state index in [0.29, 0.717) is 29.2 Å². The Morgan fingerprint density at radius 3 is 2.78 bits per heavy atom. The summed E-state index contributed by atoms with van der Waals surface area (Å²) in [6, 6.07) is 10.2. The van der Waals surface area contributed by atoms with E-state index in [2.05, 4.69) is 0 Å². The minimum absolute atomic E-state index is 0.198. The average molecular weight is 333 g/mol. The van der Waals surface area contributed by atoms with Crippen molar-refractivity contribution in [3.8, 4) is 0 Å². The SMILES string of the molecule is CN(C)c1cccc(C(=O)N2CCCc3c(Cl)ccc(F)c32)c1. The summed E-state index contributed by atoms with van der Waals surface area (Å²) in [7, 11) is 3.83. The van der Waals surface area contributed by atoms with Crippen molar-refractivity contribution in [3.63, 3.8) is 0 Å². The molecule has 0 radical (unpaired) electrons. The van der Waals surface area contributed by atoms with E-state index in [0.717, 1.165) is 17.7 Å². The zero-order valence-electron chi connectivity index (χ0n) is 13.1. The van der Waals surface area contributed by atoms with Gasteiger partial charge in [-0.25, -0.2) is 4.39 Å². The molecule has 5 heteroatoms. The van der Waals surface area contributed by atoms with Crippen LogP contribution in [0.5, 0.6) is 0 Å². The van der Waals surface area contributed by atoms with Gasteiger partial charge >= 0.3 is 0 Å². The van der Waals surface area contributed by atoms with Crippen molar-refractivity contribution in [1.82, 2.24) is 0 Å². The maximum absolute atomic E-state index is 14.3. The highest BCUT2D eigenvalue weighted by Gasteiger charge is 2.28. The fourth-order valence-corrected chi connectivity index (χ4v) is 3.16. The maximum atomic E-state index is 14.3. The number of benzene rings is 2. The molecular formula is C18H18ClFN2O. The zero-order chi connectivity index (χ0) is 16.6. The van der Waals surface area contributed by atoms with Gasteiger partial charge < -0.3 is 9.80 Å². The first kappa shape index (κ1) is 15.8. The average Bonchev–Trinajstić information content (AvgIpc) is 2.57. The van der Waals surface area contributed by atoms with Gasteiger partial charge in [-0.15, -0.1) is 0 Å². The topological polar surface area (TPSA) is 23.6 Å². The second kappa shape index (κ2) is 6.20. The van der Waals surface area contributed by atoms with E-state index in [1.54, 1.807) is 12.1 Å². The zero-order valence-corrected chi connectivity index (χ0v) is 13.9. The number of carbonyl (C=O) groups is 1. The van der Waals surface area contributed by atoms with Gasteiger partial charge in [0, 0.05) is 36.9 Å². The molecule has 3 rings (SSSR count). The van der Waals surface area contributed by atoms with E-state index in [1.807, 2.05) is 37.2 Å². The van der Waals surface area contributed by atoms with E-state index in [-0.39, 0.29) is 5.91 Å². The van der Waals surface area contributed by atoms with Crippen LogP contribution in [0.25, 0.3) is 0 Å². The first-order valence-electron chi connectivity index (χ1n) is 7.55. The fraction of sp³-hybridized carbons (Fsp3) is 0.278. The molecule has 3 nitrogen and oxygen atoms in total. The molecule has 2 aromatic rings. The highest BCUT2D eigenvalue weighted by molar-refractivity contribution is 6.32. The normalized spacial score (nSPS) is 13.7. The van der Waals surface area contributed by atoms with E-state index in [1.165, 1.54) is 11.0 Å². The molecule has 0 atom stereocenters. The predicted octanol–water partition coefficient (Wildman–Crippen LogP) is 4.14. The van der Waals surface area contributed by atoms with Crippen LogP contribution >= 0.6 is 11.6 Å². The molecule has 0 fully saturated rings. The molecule has 0 bridgehead atoms. The van der Waals surface area contributed by atoms with Crippen molar-refractivity contribution in [2.24, 2.45) is 0 Å². The number of rotatable bonds is 2. The first-order chi connectivity index (χ1) is 11.0. The summed E-state index contributed by atoms with van der Waals surface area (Å²) in [6.07, 6.45) is 1.46. The molecule has 1 aliphatic rings. The highest BCUT2D eigenvalue weighted by atomic mass is 35.5. The van der Waals surface area contributed by atoms with Crippen molar-refractivity contribution < 1.29 is 9.18 Å². The lowest BCUT2D eigenvalue weighted by atomic mass is 10.00. The van der Waals surface area contributed by atoms with Gasteiger partial charge in [0.1, 0.15) is 5.82 Å². The third-order valence-corrected chi connectivity index (χ3v) is 4.46. The molecule has 0 aliphatic carbocycles. The number of anilines is 2. The van der Waals surface area contributed by atoms with E-state index in [9.17, 15) is 9.18 Å². The van der Waals surface area contributed by atoms with Crippen molar-refractivity contribution in [1.29, 1.82) is 0 Å². The van der Waals surface area contributed by atoms with Gasteiger partial charge in [-0.2, -0.15) is 0 Å². The monoisotopic (exact) mass is 332 g/mol. The Hall–Kier alpha value is -2.07. The molecule has 0 saturated heterocycles. The summed E-state index contributed by atoms with van der Waals surface area (Å²) in [4.78, 5) is 16.3. The Bertz CT molecular complexity index is 761. The molecule has 0 aromatic heterocycles. The summed E-state index contributed by atoms with van der Waals surface area (Å²) in [5.74, 6) is -0.600. The quantitative estimate of drug-likeness (QED) is 0.825. The summed E-state index contributed by atoms with van der Waals surface area (Å²) < 4.78 is 14.3. The van der Waals surface area contributed by atoms with Gasteiger partial charge in [-0.05, 0) is 48.7 Å². The summed E-state index contributed by atoms with van der Waals surface area (Å²) in [5.41, 5.74) is 2.52. The highest BCUT2D eigenvalue weighted by Crippen LogP contribution is 2.36. The molecular weight excluding hydrogens is 315 g/mol. The predicted molar refractivity (Wildman–Crippen MR) is 92.2 cm³/mol. The summed E-state index contributed by atoms with van der Waals surface area (Å²) in [6.45, 7) is 0.495. The Balaban J connectivity index is 2.03. The van der Waals surface area contributed by atoms with Gasteiger partial charge in [-0.3, -0.25) is 4.79 Å². The van der Waals surface area contributed by atoms with Gasteiger partial charge in [0.25, 0.3) is 5.91 Å². The molecule has 0 N–H and O–H groups in total. The smallest absolute Gasteiger partial charge is 0.258 e. The van der Waals surface area contributed by atoms with Gasteiger partial charge in [-0.1, -0.05) is 17.7 Å². The van der Waals surface area contributed by atoms with Crippen molar-refractivity contribution in [3.05, 3.63) is 58.4 Å². The lowest BCUT2D eigenvalue weighted by Crippen LogP contribution is -2.36. The van der Waals surface area contributed by atoms with Crippen LogP contribution in [0.2, 0.25) is 5.02 Å². The van der Waals surface area contributed by atoms with Gasteiger partial charge in [0.15, 0.2) is 0 Å². The Labute approximate surface area is 140 Å². The molecule has 0 unspecified atom stereocenters. The molecule has 23 heavy (non-hydrogen) atoms. The van der Waals surface area contributed by atoms with Crippen LogP contribution < -0.4 is 9.80 Å². The Kier molecular flexibility index (Phi) is 4.26. The summed E-state index contributed by atoms with van der Waals surface area (Å²) in [5, 5.41) is 0.515. The summed E-state index contributed by atoms with van der Waals surface area (Å²) >= 11 is 6.19. The van der Waals surface area contributed by atoms with Crippen LogP contribution in [0.3, 0.4) is 0 Å². The molecule has 1 aliphatic heterocycles. The minimum Gasteiger partial charge on any atom is -0.378 e. The van der Waals surface area contributed by atoms with E-state index in [4.69, 9.17) is 11.6 Å². The number of hydrogen-bond acceptors (Lipinski definition) is 2. The number of fused-ring (bicyclic) bond motifs is 1. The third kappa shape index (κ3) is 2.91. The van der Waals surface area contributed by atoms with Crippen LogP contribution in [0.15, 0.2) is 36.4 Å². The second-order valence-electron chi connectivity index (χ2n) is 5.86. The first-order valence-corrected chi connectivity index (χ1v) is 7.93. The standard InChI is InChI=1S/C18H18ClFN2O/c1-21(2)13-6-3-5-12(11-13)18(23)22-10-4-7-14-15(19)8-9-16(20)17(14)22/h3,5-6,8-9,11H,4,7,10H2,1-2H3. The van der Waals surface area contributed by atoms with Crippen LogP contribution in [0.1, 0.15) is 22.3 Å². The van der Waals surface area contributed by atoms with Gasteiger partial charge in [0.2, 0.25) is 0 Å². The van der Waals surface area contributed by atoms with E-state index < -0.39 is 5.82 Å². The maximum Gasteiger partial charge on any atom is 0.258 e. The third-order valence-electron chi connectivity index (χ3n) is 4.11. The van der Waals surface area contributed by atoms with Crippen LogP contribution in [0, 0.1) is 5.82 Å². The molecule has 1 amide bonds. The van der Waals surface area contributed by atoms with Crippen molar-refractivity contribution in [2.75, 3.05) is 30.4 Å². The second-order valence-corrected chi connectivity index (χ2v) is 6.27. The lowest BCUT2D eigenvalue weighted by molar-refractivity contribution is 0.0984. The lowest BCUT2D eigenvalue weighted by Gasteiger charge is -2.30. The van der Waals surface area contributed by atoms with Crippen LogP contribution in [-0.2, 0) is 6.42 Å². The molecule has 120 valence electrons. The fourth-order valence-electron chi connectivity index (χ4n) is 2.91. The molecule has 2 aromatic carbocycles. The molecule has 0 spiro atoms. The molecule has 1 heterocycles. The number of nitrogens with zero attached hydrogens (tertiary/aromatic N) is 2. The minimum atomic E-state index is -0.402.